The molecule has 36 heavy (non-hydrogen) atoms. The minimum Gasteiger partial charge on any atom is -0.451 e. The van der Waals surface area contributed by atoms with Crippen molar-refractivity contribution < 1.29 is 22.4 Å². The van der Waals surface area contributed by atoms with E-state index in [4.69, 9.17) is 9.47 Å². The van der Waals surface area contributed by atoms with Gasteiger partial charge in [-0.15, -0.1) is 11.3 Å². The van der Waals surface area contributed by atoms with Crippen LogP contribution in [-0.4, -0.2) is 37.3 Å². The van der Waals surface area contributed by atoms with E-state index in [-0.39, 0.29) is 11.3 Å². The van der Waals surface area contributed by atoms with Crippen LogP contribution in [-0.2, 0) is 16.5 Å². The van der Waals surface area contributed by atoms with Crippen LogP contribution in [0, 0.1) is 6.92 Å². The van der Waals surface area contributed by atoms with E-state index in [0.717, 1.165) is 48.3 Å². The molecule has 0 saturated carbocycles. The maximum absolute atomic E-state index is 11.7. The van der Waals surface area contributed by atoms with Crippen LogP contribution >= 0.6 is 11.3 Å². The average Bonchev–Trinajstić information content (AvgIpc) is 3.50. The molecule has 188 valence electrons. The van der Waals surface area contributed by atoms with Crippen molar-refractivity contribution in [3.63, 3.8) is 0 Å². The second kappa shape index (κ2) is 10.6. The van der Waals surface area contributed by atoms with E-state index >= 15 is 0 Å². The number of ether oxygens (including phenoxy) is 2. The van der Waals surface area contributed by atoms with Gasteiger partial charge in [0.2, 0.25) is 6.29 Å². The molecule has 0 amide bonds. The van der Waals surface area contributed by atoms with Crippen LogP contribution in [0.15, 0.2) is 71.1 Å². The molecule has 9 heteroatoms. The lowest BCUT2D eigenvalue weighted by atomic mass is 9.89. The molecule has 3 aromatic carbocycles. The van der Waals surface area contributed by atoms with Gasteiger partial charge in [0.15, 0.2) is 11.5 Å². The Morgan fingerprint density at radius 3 is 2.64 bits per heavy atom. The SMILES string of the molecule is Cc1ccc(S(=O)(=O)O)c(CC2Oc3cccc(C4CCNCC4)c3O2)c1.c1ccc2scnc2c1. The van der Waals surface area contributed by atoms with Crippen LogP contribution in [0.25, 0.3) is 10.2 Å². The normalized spacial score (nSPS) is 17.6. The maximum Gasteiger partial charge on any atom is 0.294 e. The molecule has 0 aliphatic carbocycles. The quantitative estimate of drug-likeness (QED) is 0.348. The molecule has 0 radical (unpaired) electrons. The van der Waals surface area contributed by atoms with Gasteiger partial charge in [-0.05, 0) is 68.6 Å². The average molecular weight is 525 g/mol. The van der Waals surface area contributed by atoms with Gasteiger partial charge < -0.3 is 14.8 Å². The van der Waals surface area contributed by atoms with E-state index in [1.165, 1.54) is 10.8 Å². The molecule has 1 aromatic heterocycles. The van der Waals surface area contributed by atoms with Gasteiger partial charge in [-0.1, -0.05) is 42.0 Å². The highest BCUT2D eigenvalue weighted by Crippen LogP contribution is 2.44. The second-order valence-electron chi connectivity index (χ2n) is 8.97. The highest BCUT2D eigenvalue weighted by atomic mass is 32.2. The zero-order chi connectivity index (χ0) is 25.1. The van der Waals surface area contributed by atoms with Crippen molar-refractivity contribution in [3.05, 3.63) is 82.9 Å². The number of benzene rings is 3. The minimum absolute atomic E-state index is 0.102. The van der Waals surface area contributed by atoms with Crippen molar-refractivity contribution in [2.45, 2.75) is 43.3 Å². The Morgan fingerprint density at radius 2 is 1.86 bits per heavy atom. The predicted molar refractivity (Wildman–Crippen MR) is 141 cm³/mol. The van der Waals surface area contributed by atoms with Gasteiger partial charge in [0.05, 0.1) is 20.6 Å². The third-order valence-electron chi connectivity index (χ3n) is 6.41. The number of hydrogen-bond donors (Lipinski definition) is 2. The summed E-state index contributed by atoms with van der Waals surface area (Å²) in [5.74, 6) is 1.88. The number of aryl methyl sites for hydroxylation is 1. The zero-order valence-electron chi connectivity index (χ0n) is 19.9. The van der Waals surface area contributed by atoms with Gasteiger partial charge in [-0.2, -0.15) is 8.42 Å². The molecule has 3 heterocycles. The third-order valence-corrected chi connectivity index (χ3v) is 8.18. The van der Waals surface area contributed by atoms with Gasteiger partial charge in [0.25, 0.3) is 10.1 Å². The number of para-hydroxylation sites is 2. The monoisotopic (exact) mass is 524 g/mol. The molecule has 1 fully saturated rings. The molecule has 1 atom stereocenters. The lowest BCUT2D eigenvalue weighted by molar-refractivity contribution is 0.0490. The third kappa shape index (κ3) is 5.54. The van der Waals surface area contributed by atoms with Crippen molar-refractivity contribution >= 4 is 31.7 Å². The number of piperidine rings is 1. The summed E-state index contributed by atoms with van der Waals surface area (Å²) in [6.07, 6.45) is 1.71. The van der Waals surface area contributed by atoms with E-state index in [1.54, 1.807) is 23.5 Å². The molecule has 4 aromatic rings. The molecule has 6 rings (SSSR count). The highest BCUT2D eigenvalue weighted by Gasteiger charge is 2.31. The summed E-state index contributed by atoms with van der Waals surface area (Å²) >= 11 is 1.68. The molecule has 2 aliphatic heterocycles. The van der Waals surface area contributed by atoms with E-state index in [0.29, 0.717) is 17.2 Å². The first-order valence-electron chi connectivity index (χ1n) is 11.9. The number of aromatic nitrogens is 1. The predicted octanol–water partition coefficient (Wildman–Crippen LogP) is 5.35. The van der Waals surface area contributed by atoms with Crippen molar-refractivity contribution in [2.24, 2.45) is 0 Å². The van der Waals surface area contributed by atoms with Gasteiger partial charge in [-0.25, -0.2) is 4.98 Å². The van der Waals surface area contributed by atoms with Crippen LogP contribution in [0.5, 0.6) is 11.5 Å². The van der Waals surface area contributed by atoms with Crippen LogP contribution in [0.4, 0.5) is 0 Å². The minimum atomic E-state index is -4.30. The van der Waals surface area contributed by atoms with E-state index in [2.05, 4.69) is 22.4 Å². The fraction of sp³-hybridized carbons (Fsp3) is 0.296. The van der Waals surface area contributed by atoms with Crippen molar-refractivity contribution in [1.82, 2.24) is 10.3 Å². The summed E-state index contributed by atoms with van der Waals surface area (Å²) in [5, 5.41) is 3.37. The topological polar surface area (TPSA) is 97.8 Å². The Bertz CT molecular complexity index is 1430. The molecular formula is C27H28N2O5S2. The molecule has 7 nitrogen and oxygen atoms in total. The van der Waals surface area contributed by atoms with Crippen LogP contribution < -0.4 is 14.8 Å². The fourth-order valence-electron chi connectivity index (χ4n) is 4.69. The summed E-state index contributed by atoms with van der Waals surface area (Å²) in [6.45, 7) is 3.84. The Hall–Kier alpha value is -2.98. The molecule has 2 N–H and O–H groups in total. The number of nitrogens with zero attached hydrogens (tertiary/aromatic N) is 1. The van der Waals surface area contributed by atoms with Gasteiger partial charge in [0, 0.05) is 12.0 Å². The van der Waals surface area contributed by atoms with E-state index in [9.17, 15) is 13.0 Å². The summed E-state index contributed by atoms with van der Waals surface area (Å²) < 4.78 is 46.2. The van der Waals surface area contributed by atoms with Crippen LogP contribution in [0.1, 0.15) is 35.4 Å². The molecule has 0 bridgehead atoms. The van der Waals surface area contributed by atoms with Gasteiger partial charge >= 0.3 is 0 Å². The standard InChI is InChI=1S/C20H23NO5S.C7H5NS/c1-13-5-6-18(27(22,23)24)15(11-13)12-19-25-17-4-2-3-16(20(17)26-19)14-7-9-21-10-8-14;1-2-4-7-6(3-1)8-5-9-7/h2-6,11,14,19,21H,7-10,12H2,1H3,(H,22,23,24);1-5H. The smallest absolute Gasteiger partial charge is 0.294 e. The lowest BCUT2D eigenvalue weighted by Gasteiger charge is -2.24. The Kier molecular flexibility index (Phi) is 7.25. The summed E-state index contributed by atoms with van der Waals surface area (Å²) in [7, 11) is -4.30. The molecule has 2 aliphatic rings. The summed E-state index contributed by atoms with van der Waals surface area (Å²) in [5.41, 5.74) is 5.50. The van der Waals surface area contributed by atoms with Crippen molar-refractivity contribution in [1.29, 1.82) is 0 Å². The first-order valence-corrected chi connectivity index (χ1v) is 14.2. The summed E-state index contributed by atoms with van der Waals surface area (Å²) in [6, 6.07) is 18.9. The van der Waals surface area contributed by atoms with Crippen molar-refractivity contribution in [3.8, 4) is 11.5 Å². The number of nitrogens with one attached hydrogen (secondary N) is 1. The fourth-order valence-corrected chi connectivity index (χ4v) is 6.08. The Balaban J connectivity index is 0.000000247. The van der Waals surface area contributed by atoms with E-state index in [1.807, 2.05) is 42.8 Å². The highest BCUT2D eigenvalue weighted by molar-refractivity contribution is 7.85. The maximum atomic E-state index is 11.7. The molecule has 1 saturated heterocycles. The molecule has 0 spiro atoms. The second-order valence-corrected chi connectivity index (χ2v) is 11.3. The first kappa shape index (κ1) is 24.7. The van der Waals surface area contributed by atoms with Crippen LogP contribution in [0.2, 0.25) is 0 Å². The number of rotatable bonds is 4. The zero-order valence-corrected chi connectivity index (χ0v) is 21.5. The van der Waals surface area contributed by atoms with Gasteiger partial charge in [-0.3, -0.25) is 4.55 Å². The van der Waals surface area contributed by atoms with E-state index < -0.39 is 16.4 Å². The molecular weight excluding hydrogens is 496 g/mol. The lowest BCUT2D eigenvalue weighted by Crippen LogP contribution is -2.27. The van der Waals surface area contributed by atoms with Crippen LogP contribution in [0.3, 0.4) is 0 Å². The Morgan fingerprint density at radius 1 is 1.06 bits per heavy atom. The summed E-state index contributed by atoms with van der Waals surface area (Å²) in [4.78, 5) is 4.04. The largest absolute Gasteiger partial charge is 0.451 e. The van der Waals surface area contributed by atoms with Gasteiger partial charge in [0.1, 0.15) is 0 Å². The number of thiazole rings is 1. The molecule has 1 unspecified atom stereocenters. The number of hydrogen-bond acceptors (Lipinski definition) is 7. The Labute approximate surface area is 214 Å². The first-order chi connectivity index (χ1) is 17.4. The number of fused-ring (bicyclic) bond motifs is 2. The van der Waals surface area contributed by atoms with Crippen molar-refractivity contribution in [2.75, 3.05) is 13.1 Å².